The van der Waals surface area contributed by atoms with Crippen LogP contribution in [0.25, 0.3) is 0 Å². The summed E-state index contributed by atoms with van der Waals surface area (Å²) in [5.74, 6) is -0.0362. The number of benzene rings is 1. The minimum absolute atomic E-state index is 0.0166. The minimum Gasteiger partial charge on any atom is -0.476 e. The topological polar surface area (TPSA) is 85.6 Å². The van der Waals surface area contributed by atoms with Gasteiger partial charge in [0.2, 0.25) is 5.88 Å². The number of halogens is 3. The summed E-state index contributed by atoms with van der Waals surface area (Å²) in [6.07, 6.45) is 2.47. The molecule has 0 spiro atoms. The van der Waals surface area contributed by atoms with Gasteiger partial charge in [0.1, 0.15) is 16.9 Å². The van der Waals surface area contributed by atoms with Gasteiger partial charge in [0.15, 0.2) is 0 Å². The summed E-state index contributed by atoms with van der Waals surface area (Å²) < 4.78 is 62.8. The van der Waals surface area contributed by atoms with Crippen LogP contribution < -0.4 is 10.1 Å². The number of alkyl halides is 3. The third-order valence-electron chi connectivity index (χ3n) is 6.58. The van der Waals surface area contributed by atoms with Crippen molar-refractivity contribution < 1.29 is 26.9 Å². The maximum Gasteiger partial charge on any atom is 0.399 e. The molecule has 0 bridgehead atoms. The Hall–Kier alpha value is -2.56. The molecule has 0 saturated carbocycles. The van der Waals surface area contributed by atoms with Crippen LogP contribution in [0.2, 0.25) is 0 Å². The van der Waals surface area contributed by atoms with Gasteiger partial charge in [-0.15, -0.1) is 4.36 Å². The van der Waals surface area contributed by atoms with Gasteiger partial charge in [-0.1, -0.05) is 6.07 Å². The van der Waals surface area contributed by atoms with Crippen LogP contribution in [0.1, 0.15) is 42.0 Å². The fourth-order valence-electron chi connectivity index (χ4n) is 4.77. The zero-order valence-corrected chi connectivity index (χ0v) is 18.4. The Labute approximate surface area is 184 Å². The molecule has 1 aliphatic heterocycles. The highest BCUT2D eigenvalue weighted by Gasteiger charge is 2.54. The molecular formula is C21H23F3N4O3S. The van der Waals surface area contributed by atoms with Gasteiger partial charge in [0, 0.05) is 5.69 Å². The predicted molar refractivity (Wildman–Crippen MR) is 112 cm³/mol. The molecule has 32 heavy (non-hydrogen) atoms. The Balaban J connectivity index is 1.39. The van der Waals surface area contributed by atoms with Crippen molar-refractivity contribution in [2.75, 3.05) is 11.9 Å². The van der Waals surface area contributed by atoms with Crippen LogP contribution in [0.4, 0.5) is 23.7 Å². The Kier molecular flexibility index (Phi) is 4.99. The van der Waals surface area contributed by atoms with E-state index in [1.54, 1.807) is 0 Å². The fourth-order valence-corrected chi connectivity index (χ4v) is 5.58. The molecule has 1 aromatic heterocycles. The first-order chi connectivity index (χ1) is 15.2. The number of fused-ring (bicyclic) bond motifs is 3. The van der Waals surface area contributed by atoms with E-state index < -0.39 is 41.4 Å². The molecule has 1 N–H and O–H groups in total. The molecule has 2 amide bonds. The molecule has 2 aliphatic carbocycles. The lowest BCUT2D eigenvalue weighted by atomic mass is 9.90. The van der Waals surface area contributed by atoms with E-state index in [1.165, 1.54) is 11.1 Å². The molecule has 11 heteroatoms. The Morgan fingerprint density at radius 3 is 2.50 bits per heavy atom. The van der Waals surface area contributed by atoms with Gasteiger partial charge >= 0.3 is 12.2 Å². The summed E-state index contributed by atoms with van der Waals surface area (Å²) in [6, 6.07) is 1.50. The molecule has 3 aliphatic rings. The van der Waals surface area contributed by atoms with E-state index >= 15 is 0 Å². The lowest BCUT2D eigenvalue weighted by Crippen LogP contribution is -2.46. The Bertz CT molecular complexity index is 1170. The quantitative estimate of drug-likeness (QED) is 0.651. The van der Waals surface area contributed by atoms with E-state index in [2.05, 4.69) is 20.8 Å². The number of hydrogen-bond donors (Lipinski definition) is 2. The standard InChI is InChI=1S/C21H23F3N4O3S/c1-20(21(22,23)24)10-28-18(31-11-20)16(9-25-28)32(30)27-19(29)26-17-14-6-2-4-12(14)8-13-5-3-7-15(13)17/h8-9,32H,2-7,10-11H2,1H3,(H,26,29)/t20-/m0/s1. The SMILES string of the molecule is C[C@@]1(C(F)(F)F)COc2c([SH](=O)=NC(=O)Nc3c4c(cc5c3CCC5)CCC4)cnn2C1. The first kappa shape index (κ1) is 21.3. The van der Waals surface area contributed by atoms with Gasteiger partial charge in [-0.05, 0) is 67.7 Å². The average Bonchev–Trinajstić information content (AvgIpc) is 3.45. The minimum atomic E-state index is -4.47. The van der Waals surface area contributed by atoms with Crippen molar-refractivity contribution >= 4 is 22.3 Å². The molecule has 0 saturated heterocycles. The summed E-state index contributed by atoms with van der Waals surface area (Å²) in [7, 11) is -2.59. The van der Waals surface area contributed by atoms with Crippen molar-refractivity contribution in [3.8, 4) is 5.88 Å². The number of anilines is 1. The van der Waals surface area contributed by atoms with Crippen molar-refractivity contribution in [3.63, 3.8) is 0 Å². The highest BCUT2D eigenvalue weighted by Crippen LogP contribution is 2.44. The number of amides is 2. The number of ether oxygens (including phenoxy) is 1. The van der Waals surface area contributed by atoms with Gasteiger partial charge in [-0.2, -0.15) is 18.3 Å². The zero-order valence-electron chi connectivity index (χ0n) is 17.5. The maximum absolute atomic E-state index is 13.3. The van der Waals surface area contributed by atoms with E-state index in [4.69, 9.17) is 4.74 Å². The van der Waals surface area contributed by atoms with E-state index in [9.17, 15) is 22.2 Å². The number of hydrogen-bond acceptors (Lipinski definition) is 4. The van der Waals surface area contributed by atoms with E-state index in [1.807, 2.05) is 0 Å². The smallest absolute Gasteiger partial charge is 0.399 e. The molecule has 5 rings (SSSR count). The van der Waals surface area contributed by atoms with Gasteiger partial charge in [-0.3, -0.25) is 0 Å². The molecule has 7 nitrogen and oxygen atoms in total. The van der Waals surface area contributed by atoms with Crippen LogP contribution in [-0.2, 0) is 42.8 Å². The van der Waals surface area contributed by atoms with Crippen molar-refractivity contribution in [1.82, 2.24) is 9.78 Å². The number of thiol groups is 1. The zero-order chi connectivity index (χ0) is 22.7. The maximum atomic E-state index is 13.3. The van der Waals surface area contributed by atoms with Crippen LogP contribution in [-0.4, -0.2) is 32.8 Å². The summed E-state index contributed by atoms with van der Waals surface area (Å²) >= 11 is 0. The fraction of sp³-hybridized carbons (Fsp3) is 0.524. The third-order valence-corrected chi connectivity index (χ3v) is 7.66. The number of aryl methyl sites for hydroxylation is 2. The number of nitrogens with zero attached hydrogens (tertiary/aromatic N) is 3. The number of rotatable bonds is 2. The van der Waals surface area contributed by atoms with Crippen molar-refractivity contribution in [2.24, 2.45) is 9.78 Å². The summed E-state index contributed by atoms with van der Waals surface area (Å²) in [6.45, 7) is -0.0256. The Morgan fingerprint density at radius 2 is 1.88 bits per heavy atom. The van der Waals surface area contributed by atoms with Gasteiger partial charge < -0.3 is 10.1 Å². The second-order valence-corrected chi connectivity index (χ2v) is 10.1. The normalized spacial score (nSPS) is 22.8. The highest BCUT2D eigenvalue weighted by molar-refractivity contribution is 7.75. The molecule has 2 heterocycles. The lowest BCUT2D eigenvalue weighted by molar-refractivity contribution is -0.238. The van der Waals surface area contributed by atoms with Gasteiger partial charge in [0.25, 0.3) is 0 Å². The first-order valence-corrected chi connectivity index (χ1v) is 11.8. The number of nitrogens with one attached hydrogen (secondary N) is 1. The second kappa shape index (κ2) is 7.50. The summed E-state index contributed by atoms with van der Waals surface area (Å²) in [4.78, 5) is 12.7. The van der Waals surface area contributed by atoms with Crippen molar-refractivity contribution in [2.45, 2.75) is 63.1 Å². The van der Waals surface area contributed by atoms with Gasteiger partial charge in [-0.25, -0.2) is 13.7 Å². The molecule has 172 valence electrons. The van der Waals surface area contributed by atoms with Crippen LogP contribution in [0.3, 0.4) is 0 Å². The third kappa shape index (κ3) is 3.46. The molecule has 1 unspecified atom stereocenters. The lowest BCUT2D eigenvalue weighted by Gasteiger charge is -2.35. The van der Waals surface area contributed by atoms with Gasteiger partial charge in [0.05, 0.1) is 23.3 Å². The van der Waals surface area contributed by atoms with E-state index in [0.717, 1.165) is 73.1 Å². The Morgan fingerprint density at radius 1 is 1.22 bits per heavy atom. The average molecular weight is 469 g/mol. The number of aromatic nitrogens is 2. The van der Waals surface area contributed by atoms with Crippen LogP contribution in [0.15, 0.2) is 21.5 Å². The number of carbonyl (C=O) groups is 1. The molecule has 2 aromatic rings. The monoisotopic (exact) mass is 468 g/mol. The molecule has 2 atom stereocenters. The van der Waals surface area contributed by atoms with Crippen LogP contribution in [0, 0.1) is 5.41 Å². The van der Waals surface area contributed by atoms with Crippen molar-refractivity contribution in [1.29, 1.82) is 0 Å². The van der Waals surface area contributed by atoms with E-state index in [0.29, 0.717) is 0 Å². The molecule has 0 fully saturated rings. The molecular weight excluding hydrogens is 445 g/mol. The molecule has 0 radical (unpaired) electrons. The largest absolute Gasteiger partial charge is 0.476 e. The van der Waals surface area contributed by atoms with Crippen LogP contribution >= 0.6 is 0 Å². The highest BCUT2D eigenvalue weighted by atomic mass is 32.2. The molecule has 1 aromatic carbocycles. The van der Waals surface area contributed by atoms with Crippen molar-refractivity contribution in [3.05, 3.63) is 34.5 Å². The first-order valence-electron chi connectivity index (χ1n) is 10.6. The second-order valence-electron chi connectivity index (χ2n) is 8.88. The summed E-state index contributed by atoms with van der Waals surface area (Å²) in [5, 5.41) is 6.73. The summed E-state index contributed by atoms with van der Waals surface area (Å²) in [5.41, 5.74) is 3.44. The number of carbonyl (C=O) groups excluding carboxylic acids is 1. The predicted octanol–water partition coefficient (Wildman–Crippen LogP) is 4.08. The number of urea groups is 1. The van der Waals surface area contributed by atoms with E-state index in [-0.39, 0.29) is 10.8 Å². The van der Waals surface area contributed by atoms with Crippen LogP contribution in [0.5, 0.6) is 5.88 Å².